The number of carbonyl (C=O) groups is 2. The molecule has 0 radical (unpaired) electrons. The van der Waals surface area contributed by atoms with Gasteiger partial charge in [0.15, 0.2) is 17.3 Å². The van der Waals surface area contributed by atoms with Crippen LogP contribution in [0.3, 0.4) is 0 Å². The minimum atomic E-state index is -0.470. The Bertz CT molecular complexity index is 1380. The maximum absolute atomic E-state index is 13.2. The Morgan fingerprint density at radius 3 is 2.77 bits per heavy atom. The highest BCUT2D eigenvalue weighted by Crippen LogP contribution is 2.51. The van der Waals surface area contributed by atoms with Crippen LogP contribution in [0.25, 0.3) is 6.08 Å². The third-order valence-corrected chi connectivity index (χ3v) is 5.83. The van der Waals surface area contributed by atoms with Crippen LogP contribution in [0.4, 0.5) is 0 Å². The lowest BCUT2D eigenvalue weighted by Gasteiger charge is -2.28. The molecule has 0 aliphatic carbocycles. The maximum atomic E-state index is 13.2. The molecule has 1 atom stereocenters. The number of fused-ring (bicyclic) bond motifs is 3. The summed E-state index contributed by atoms with van der Waals surface area (Å²) < 4.78 is 23.3. The summed E-state index contributed by atoms with van der Waals surface area (Å²) in [5.41, 5.74) is 3.35. The van der Waals surface area contributed by atoms with Crippen LogP contribution in [0.1, 0.15) is 46.3 Å². The van der Waals surface area contributed by atoms with Crippen LogP contribution >= 0.6 is 0 Å². The van der Waals surface area contributed by atoms with Crippen molar-refractivity contribution in [3.63, 3.8) is 0 Å². The molecule has 5 rings (SSSR count). The average Bonchev–Trinajstić information content (AvgIpc) is 3.17. The van der Waals surface area contributed by atoms with Crippen molar-refractivity contribution in [2.24, 2.45) is 0 Å². The lowest BCUT2D eigenvalue weighted by molar-refractivity contribution is -0.135. The smallest absolute Gasteiger partial charge is 0.312 e. The SMILES string of the molecule is C=C(C)COc1c(OC)cccc1[C@@H]1CC(=O)Oc2ccc3c(c21)O/C(=C\c1cccnc1)C3=O. The van der Waals surface area contributed by atoms with E-state index < -0.39 is 5.92 Å². The lowest BCUT2D eigenvalue weighted by atomic mass is 9.84. The number of para-hydroxylation sites is 1. The van der Waals surface area contributed by atoms with Gasteiger partial charge in [-0.25, -0.2) is 0 Å². The predicted molar refractivity (Wildman–Crippen MR) is 129 cm³/mol. The van der Waals surface area contributed by atoms with Gasteiger partial charge in [0.05, 0.1) is 19.1 Å². The van der Waals surface area contributed by atoms with E-state index in [1.165, 1.54) is 0 Å². The standard InChI is InChI=1S/C28H23NO6/c1-16(2)15-33-27-18(7-4-8-22(27)32-3)20-13-24(30)34-21-10-9-19-26(31)23(35-28(19)25(20)21)12-17-6-5-11-29-14-17/h4-12,14,20H,1,13,15H2,2-3H3/b23-12-/t20-/m0/s1. The number of benzene rings is 2. The number of ether oxygens (including phenoxy) is 4. The number of Topliss-reactive ketones (excluding diaryl/α,β-unsaturated/α-hetero) is 1. The van der Waals surface area contributed by atoms with E-state index in [9.17, 15) is 9.59 Å². The molecule has 0 N–H and O–H groups in total. The molecule has 176 valence electrons. The molecule has 0 saturated carbocycles. The second-order valence-electron chi connectivity index (χ2n) is 8.44. The number of nitrogens with zero attached hydrogens (tertiary/aromatic N) is 1. The Kier molecular flexibility index (Phi) is 5.82. The summed E-state index contributed by atoms with van der Waals surface area (Å²) in [7, 11) is 1.56. The highest BCUT2D eigenvalue weighted by Gasteiger charge is 2.39. The van der Waals surface area contributed by atoms with Crippen LogP contribution in [0.15, 0.2) is 72.8 Å². The number of methoxy groups -OCH3 is 1. The number of hydrogen-bond donors (Lipinski definition) is 0. The molecular weight excluding hydrogens is 446 g/mol. The van der Waals surface area contributed by atoms with Crippen molar-refractivity contribution in [2.45, 2.75) is 19.3 Å². The minimum Gasteiger partial charge on any atom is -0.493 e. The van der Waals surface area contributed by atoms with Crippen molar-refractivity contribution >= 4 is 17.8 Å². The summed E-state index contributed by atoms with van der Waals surface area (Å²) in [6.07, 6.45) is 5.01. The summed E-state index contributed by atoms with van der Waals surface area (Å²) >= 11 is 0. The first-order valence-corrected chi connectivity index (χ1v) is 11.1. The first-order valence-electron chi connectivity index (χ1n) is 11.1. The Labute approximate surface area is 202 Å². The number of rotatable bonds is 6. The van der Waals surface area contributed by atoms with Gasteiger partial charge in [-0.05, 0) is 48.4 Å². The molecular formula is C28H23NO6. The number of carbonyl (C=O) groups excluding carboxylic acids is 2. The Hall–Kier alpha value is -4.39. The molecule has 35 heavy (non-hydrogen) atoms. The van der Waals surface area contributed by atoms with Gasteiger partial charge in [0.1, 0.15) is 18.1 Å². The van der Waals surface area contributed by atoms with E-state index in [1.807, 2.05) is 25.1 Å². The fraction of sp³-hybridized carbons (Fsp3) is 0.179. The normalized spacial score (nSPS) is 17.3. The highest BCUT2D eigenvalue weighted by atomic mass is 16.5. The largest absolute Gasteiger partial charge is 0.493 e. The van der Waals surface area contributed by atoms with Gasteiger partial charge in [0.25, 0.3) is 0 Å². The van der Waals surface area contributed by atoms with E-state index >= 15 is 0 Å². The van der Waals surface area contributed by atoms with Crippen LogP contribution in [-0.4, -0.2) is 30.5 Å². The van der Waals surface area contributed by atoms with E-state index in [0.717, 1.165) is 16.7 Å². The Balaban J connectivity index is 1.63. The molecule has 0 spiro atoms. The fourth-order valence-electron chi connectivity index (χ4n) is 4.30. The maximum Gasteiger partial charge on any atom is 0.312 e. The summed E-state index contributed by atoms with van der Waals surface area (Å²) in [4.78, 5) is 29.8. The fourth-order valence-corrected chi connectivity index (χ4v) is 4.30. The van der Waals surface area contributed by atoms with Gasteiger partial charge in [0, 0.05) is 29.4 Å². The van der Waals surface area contributed by atoms with E-state index in [-0.39, 0.29) is 30.5 Å². The van der Waals surface area contributed by atoms with E-state index in [0.29, 0.717) is 34.1 Å². The molecule has 1 aromatic heterocycles. The van der Waals surface area contributed by atoms with Crippen LogP contribution in [-0.2, 0) is 4.79 Å². The van der Waals surface area contributed by atoms with Crippen LogP contribution < -0.4 is 18.9 Å². The summed E-state index contributed by atoms with van der Waals surface area (Å²) in [5.74, 6) is 0.868. The number of esters is 1. The Morgan fingerprint density at radius 2 is 2.03 bits per heavy atom. The first-order chi connectivity index (χ1) is 17.0. The van der Waals surface area contributed by atoms with Gasteiger partial charge in [-0.2, -0.15) is 0 Å². The predicted octanol–water partition coefficient (Wildman–Crippen LogP) is 5.10. The van der Waals surface area contributed by atoms with Crippen molar-refractivity contribution in [1.82, 2.24) is 4.98 Å². The molecule has 0 bridgehead atoms. The molecule has 0 amide bonds. The van der Waals surface area contributed by atoms with Crippen molar-refractivity contribution in [2.75, 3.05) is 13.7 Å². The van der Waals surface area contributed by atoms with E-state index in [4.69, 9.17) is 18.9 Å². The second kappa shape index (κ2) is 9.10. The number of aromatic nitrogens is 1. The van der Waals surface area contributed by atoms with Crippen molar-refractivity contribution in [3.8, 4) is 23.0 Å². The molecule has 3 aromatic rings. The third kappa shape index (κ3) is 4.17. The van der Waals surface area contributed by atoms with Gasteiger partial charge in [-0.15, -0.1) is 0 Å². The summed E-state index contributed by atoms with van der Waals surface area (Å²) in [5, 5.41) is 0. The average molecular weight is 469 g/mol. The quantitative estimate of drug-likeness (QED) is 0.215. The van der Waals surface area contributed by atoms with Gasteiger partial charge in [-0.3, -0.25) is 14.6 Å². The van der Waals surface area contributed by atoms with Gasteiger partial charge in [-0.1, -0.05) is 24.8 Å². The number of pyridine rings is 1. The highest BCUT2D eigenvalue weighted by molar-refractivity contribution is 6.15. The van der Waals surface area contributed by atoms with Crippen LogP contribution in [0, 0.1) is 0 Å². The molecule has 0 saturated heterocycles. The molecule has 7 nitrogen and oxygen atoms in total. The molecule has 0 fully saturated rings. The molecule has 3 heterocycles. The van der Waals surface area contributed by atoms with Crippen molar-refractivity contribution in [1.29, 1.82) is 0 Å². The summed E-state index contributed by atoms with van der Waals surface area (Å²) in [6, 6.07) is 12.4. The Morgan fingerprint density at radius 1 is 1.17 bits per heavy atom. The third-order valence-electron chi connectivity index (χ3n) is 5.83. The molecule has 7 heteroatoms. The molecule has 2 aliphatic rings. The zero-order valence-electron chi connectivity index (χ0n) is 19.4. The monoisotopic (exact) mass is 469 g/mol. The topological polar surface area (TPSA) is 84.0 Å². The zero-order valence-corrected chi connectivity index (χ0v) is 19.4. The van der Waals surface area contributed by atoms with Gasteiger partial charge in [0.2, 0.25) is 5.78 Å². The second-order valence-corrected chi connectivity index (χ2v) is 8.44. The van der Waals surface area contributed by atoms with E-state index in [1.54, 1.807) is 49.8 Å². The van der Waals surface area contributed by atoms with Gasteiger partial charge >= 0.3 is 5.97 Å². The van der Waals surface area contributed by atoms with Crippen molar-refractivity contribution in [3.05, 3.63) is 95.0 Å². The van der Waals surface area contributed by atoms with Gasteiger partial charge < -0.3 is 18.9 Å². The van der Waals surface area contributed by atoms with Crippen LogP contribution in [0.5, 0.6) is 23.0 Å². The number of ketones is 1. The summed E-state index contributed by atoms with van der Waals surface area (Å²) in [6.45, 7) is 6.06. The molecule has 2 aliphatic heterocycles. The lowest BCUT2D eigenvalue weighted by Crippen LogP contribution is -2.22. The van der Waals surface area contributed by atoms with Crippen LogP contribution in [0.2, 0.25) is 0 Å². The van der Waals surface area contributed by atoms with Crippen molar-refractivity contribution < 1.29 is 28.5 Å². The number of hydrogen-bond acceptors (Lipinski definition) is 7. The van der Waals surface area contributed by atoms with E-state index in [2.05, 4.69) is 11.6 Å². The number of allylic oxidation sites excluding steroid dienone is 1. The first kappa shape index (κ1) is 22.4. The zero-order chi connectivity index (χ0) is 24.5. The minimum absolute atomic E-state index is 0.0548. The molecule has 0 unspecified atom stereocenters. The molecule has 2 aromatic carbocycles.